The van der Waals surface area contributed by atoms with Gasteiger partial charge in [0.1, 0.15) is 5.57 Å². The molecule has 0 bridgehead atoms. The molecule has 0 saturated heterocycles. The summed E-state index contributed by atoms with van der Waals surface area (Å²) in [7, 11) is 0. The van der Waals surface area contributed by atoms with Crippen molar-refractivity contribution >= 4 is 34.7 Å². The van der Waals surface area contributed by atoms with Gasteiger partial charge in [-0.3, -0.25) is 14.5 Å². The van der Waals surface area contributed by atoms with Crippen molar-refractivity contribution in [2.45, 2.75) is 58.4 Å². The minimum Gasteiger partial charge on any atom is -0.858 e. The lowest BCUT2D eigenvalue weighted by Crippen LogP contribution is -2.45. The Labute approximate surface area is 209 Å². The number of rotatable bonds is 5. The Hall–Kier alpha value is -3.45. The lowest BCUT2D eigenvalue weighted by atomic mass is 9.94. The van der Waals surface area contributed by atoms with E-state index in [0.29, 0.717) is 16.4 Å². The number of pyridine rings is 1. The maximum absolute atomic E-state index is 13.9. The zero-order valence-corrected chi connectivity index (χ0v) is 20.6. The number of carbonyl (C=O) groups is 2. The monoisotopic (exact) mass is 490 g/mol. The van der Waals surface area contributed by atoms with Gasteiger partial charge in [-0.15, -0.1) is 0 Å². The fourth-order valence-corrected chi connectivity index (χ4v) is 5.22. The third-order valence-electron chi connectivity index (χ3n) is 6.90. The number of hydrogen-bond donors (Lipinski definition) is 0. The van der Waals surface area contributed by atoms with Gasteiger partial charge in [-0.05, 0) is 62.4 Å². The van der Waals surface area contributed by atoms with Crippen LogP contribution in [0.2, 0.25) is 5.02 Å². The molecular weight excluding hydrogens is 464 g/mol. The molecule has 1 fully saturated rings. The summed E-state index contributed by atoms with van der Waals surface area (Å²) in [4.78, 5) is 29.1. The van der Waals surface area contributed by atoms with Crippen LogP contribution >= 0.6 is 11.6 Å². The number of imide groups is 1. The smallest absolute Gasteiger partial charge is 0.327 e. The van der Waals surface area contributed by atoms with Gasteiger partial charge < -0.3 is 5.11 Å². The maximum atomic E-state index is 13.9. The molecule has 2 aromatic heterocycles. The number of aryl methyl sites for hydroxylation is 2. The van der Waals surface area contributed by atoms with Crippen LogP contribution in [0.1, 0.15) is 55.8 Å². The summed E-state index contributed by atoms with van der Waals surface area (Å²) in [5, 5.41) is 18.6. The molecule has 0 spiro atoms. The lowest BCUT2D eigenvalue weighted by Gasteiger charge is -2.29. The molecule has 180 valence electrons. The summed E-state index contributed by atoms with van der Waals surface area (Å²) in [5.74, 6) is -1.20. The molecule has 1 aliphatic heterocycles. The second kappa shape index (κ2) is 9.30. The number of amides is 2. The molecule has 1 saturated carbocycles. The summed E-state index contributed by atoms with van der Waals surface area (Å²) in [6, 6.07) is 10.4. The molecule has 2 amide bonds. The molecule has 0 atom stereocenters. The Kier molecular flexibility index (Phi) is 6.19. The van der Waals surface area contributed by atoms with E-state index in [1.54, 1.807) is 42.0 Å². The molecule has 2 aliphatic rings. The number of benzene rings is 1. The first-order valence-electron chi connectivity index (χ1n) is 12.1. The van der Waals surface area contributed by atoms with Crippen molar-refractivity contribution in [3.05, 3.63) is 70.6 Å². The molecule has 3 aromatic rings. The number of halogens is 1. The van der Waals surface area contributed by atoms with E-state index in [4.69, 9.17) is 11.6 Å². The van der Waals surface area contributed by atoms with E-state index in [-0.39, 0.29) is 28.8 Å². The first kappa shape index (κ1) is 23.3. The Balaban J connectivity index is 1.70. The average molecular weight is 491 g/mol. The van der Waals surface area contributed by atoms with Gasteiger partial charge in [-0.25, -0.2) is 4.68 Å². The van der Waals surface area contributed by atoms with Gasteiger partial charge in [0.05, 0.1) is 11.4 Å². The highest BCUT2D eigenvalue weighted by Crippen LogP contribution is 2.39. The lowest BCUT2D eigenvalue weighted by molar-refractivity contribution is -0.577. The van der Waals surface area contributed by atoms with Crippen LogP contribution in [0, 0.1) is 6.92 Å². The highest BCUT2D eigenvalue weighted by molar-refractivity contribution is 6.45. The Morgan fingerprint density at radius 1 is 1.09 bits per heavy atom. The Morgan fingerprint density at radius 3 is 2.49 bits per heavy atom. The van der Waals surface area contributed by atoms with E-state index >= 15 is 0 Å². The van der Waals surface area contributed by atoms with Crippen LogP contribution < -0.4 is 9.67 Å². The number of nitrogens with zero attached hydrogens (tertiary/aromatic N) is 4. The molecule has 0 unspecified atom stereocenters. The molecule has 8 heteroatoms. The van der Waals surface area contributed by atoms with E-state index in [2.05, 4.69) is 5.10 Å². The predicted molar refractivity (Wildman–Crippen MR) is 131 cm³/mol. The molecule has 5 rings (SSSR count). The second-order valence-electron chi connectivity index (χ2n) is 9.12. The van der Waals surface area contributed by atoms with Gasteiger partial charge in [0.15, 0.2) is 12.4 Å². The summed E-state index contributed by atoms with van der Waals surface area (Å²) in [6.45, 7) is 3.73. The zero-order valence-electron chi connectivity index (χ0n) is 19.8. The normalized spacial score (nSPS) is 17.1. The van der Waals surface area contributed by atoms with Crippen molar-refractivity contribution in [1.29, 1.82) is 0 Å². The summed E-state index contributed by atoms with van der Waals surface area (Å²) < 4.78 is 2.95. The molecule has 1 aromatic carbocycles. The van der Waals surface area contributed by atoms with Crippen LogP contribution in [0.25, 0.3) is 17.0 Å². The standard InChI is InChI=1S/C27H27ClN4O3/c1-3-18-8-7-15-30(16-18)24-23(25(33)31(27(24)35)20-9-5-4-6-10-20)22-17(2)29-32(26(22)34)21-13-11-19(28)12-14-21/h7-8,11-16,20H,3-6,9-10H2,1-2H3. The first-order valence-corrected chi connectivity index (χ1v) is 12.4. The molecule has 3 heterocycles. The zero-order chi connectivity index (χ0) is 24.7. The Morgan fingerprint density at radius 2 is 1.80 bits per heavy atom. The highest BCUT2D eigenvalue weighted by atomic mass is 35.5. The summed E-state index contributed by atoms with van der Waals surface area (Å²) in [5.41, 5.74) is 2.47. The number of carbonyl (C=O) groups excluding carboxylic acids is 2. The van der Waals surface area contributed by atoms with E-state index in [9.17, 15) is 14.7 Å². The van der Waals surface area contributed by atoms with Gasteiger partial charge in [0.25, 0.3) is 11.6 Å². The van der Waals surface area contributed by atoms with Gasteiger partial charge >= 0.3 is 5.91 Å². The van der Waals surface area contributed by atoms with Crippen molar-refractivity contribution in [3.8, 4) is 11.6 Å². The van der Waals surface area contributed by atoms with Gasteiger partial charge in [0.2, 0.25) is 0 Å². The number of hydrogen-bond acceptors (Lipinski definition) is 4. The molecular formula is C27H27ClN4O3. The van der Waals surface area contributed by atoms with Crippen LogP contribution in [-0.4, -0.2) is 32.5 Å². The van der Waals surface area contributed by atoms with Gasteiger partial charge in [-0.1, -0.05) is 37.8 Å². The average Bonchev–Trinajstić information content (AvgIpc) is 3.30. The van der Waals surface area contributed by atoms with E-state index in [1.807, 2.05) is 25.3 Å². The van der Waals surface area contributed by atoms with E-state index in [0.717, 1.165) is 44.1 Å². The molecule has 1 aliphatic carbocycles. The maximum Gasteiger partial charge on any atom is 0.327 e. The van der Waals surface area contributed by atoms with E-state index in [1.165, 1.54) is 9.58 Å². The minimum absolute atomic E-state index is 0.126. The van der Waals surface area contributed by atoms with Crippen molar-refractivity contribution in [2.75, 3.05) is 0 Å². The SMILES string of the molecule is CCc1ccc[n+](C2=C(c3c(C)nn(-c4ccc(Cl)cc4)c3[O-])C(=O)N(C3CCCCC3)C2=O)c1. The first-order chi connectivity index (χ1) is 16.9. The molecule has 0 radical (unpaired) electrons. The molecule has 7 nitrogen and oxygen atoms in total. The Bertz CT molecular complexity index is 1340. The fraction of sp³-hybridized carbons (Fsp3) is 0.333. The van der Waals surface area contributed by atoms with Crippen LogP contribution in [0.15, 0.2) is 48.8 Å². The van der Waals surface area contributed by atoms with Crippen molar-refractivity contribution in [2.24, 2.45) is 0 Å². The van der Waals surface area contributed by atoms with Crippen LogP contribution in [-0.2, 0) is 16.0 Å². The van der Waals surface area contributed by atoms with Crippen LogP contribution in [0.5, 0.6) is 5.88 Å². The molecule has 35 heavy (non-hydrogen) atoms. The number of aromatic nitrogens is 3. The predicted octanol–water partition coefficient (Wildman–Crippen LogP) is 3.83. The summed E-state index contributed by atoms with van der Waals surface area (Å²) >= 11 is 6.01. The fourth-order valence-electron chi connectivity index (χ4n) is 5.09. The third-order valence-corrected chi connectivity index (χ3v) is 7.15. The van der Waals surface area contributed by atoms with Crippen LogP contribution in [0.4, 0.5) is 0 Å². The minimum atomic E-state index is -0.434. The largest absolute Gasteiger partial charge is 0.858 e. The van der Waals surface area contributed by atoms with Crippen LogP contribution in [0.3, 0.4) is 0 Å². The summed E-state index contributed by atoms with van der Waals surface area (Å²) in [6.07, 6.45) is 9.01. The topological polar surface area (TPSA) is 82.1 Å². The van der Waals surface area contributed by atoms with Crippen molar-refractivity contribution < 1.29 is 19.3 Å². The van der Waals surface area contributed by atoms with E-state index < -0.39 is 11.8 Å². The van der Waals surface area contributed by atoms with Crippen molar-refractivity contribution in [1.82, 2.24) is 14.7 Å². The van der Waals surface area contributed by atoms with Gasteiger partial charge in [-0.2, -0.15) is 9.67 Å². The van der Waals surface area contributed by atoms with Crippen molar-refractivity contribution in [3.63, 3.8) is 0 Å². The molecule has 0 N–H and O–H groups in total. The quantitative estimate of drug-likeness (QED) is 0.402. The second-order valence-corrected chi connectivity index (χ2v) is 9.56. The van der Waals surface area contributed by atoms with Gasteiger partial charge in [0, 0.05) is 28.3 Å². The highest BCUT2D eigenvalue weighted by Gasteiger charge is 2.49. The third kappa shape index (κ3) is 4.04.